The lowest BCUT2D eigenvalue weighted by atomic mass is 10.1. The number of benzene rings is 2. The second-order valence-corrected chi connectivity index (χ2v) is 6.51. The molecule has 1 aliphatic heterocycles. The molecule has 2 aromatic rings. The van der Waals surface area contributed by atoms with Crippen LogP contribution in [0.5, 0.6) is 5.75 Å². The molecule has 0 saturated heterocycles. The molecule has 0 aromatic heterocycles. The fourth-order valence-electron chi connectivity index (χ4n) is 2.26. The van der Waals surface area contributed by atoms with Gasteiger partial charge in [-0.2, -0.15) is 0 Å². The monoisotopic (exact) mass is 318 g/mol. The maximum absolute atomic E-state index is 12.2. The van der Waals surface area contributed by atoms with Crippen LogP contribution in [0.2, 0.25) is 0 Å². The van der Waals surface area contributed by atoms with Crippen molar-refractivity contribution in [2.24, 2.45) is 5.14 Å². The second-order valence-electron chi connectivity index (χ2n) is 4.95. The predicted molar refractivity (Wildman–Crippen MR) is 81.4 cm³/mol. The number of ether oxygens (including phenoxy) is 1. The lowest BCUT2D eigenvalue weighted by molar-refractivity contribution is 0.102. The number of rotatable bonds is 3. The third-order valence-electron chi connectivity index (χ3n) is 3.38. The molecule has 0 fully saturated rings. The summed E-state index contributed by atoms with van der Waals surface area (Å²) in [7, 11) is -3.81. The molecule has 3 rings (SSSR count). The van der Waals surface area contributed by atoms with Crippen molar-refractivity contribution in [1.82, 2.24) is 0 Å². The number of amides is 1. The van der Waals surface area contributed by atoms with E-state index in [0.717, 1.165) is 12.0 Å². The molecule has 7 heteroatoms. The maximum Gasteiger partial charge on any atom is 0.255 e. The van der Waals surface area contributed by atoms with Gasteiger partial charge in [0.15, 0.2) is 0 Å². The van der Waals surface area contributed by atoms with Gasteiger partial charge in [-0.25, -0.2) is 13.6 Å². The third-order valence-corrected chi connectivity index (χ3v) is 4.29. The quantitative estimate of drug-likeness (QED) is 0.896. The Morgan fingerprint density at radius 2 is 2.00 bits per heavy atom. The number of primary sulfonamides is 1. The summed E-state index contributed by atoms with van der Waals surface area (Å²) < 4.78 is 28.1. The number of carbonyl (C=O) groups excluding carboxylic acids is 1. The Morgan fingerprint density at radius 3 is 2.77 bits per heavy atom. The van der Waals surface area contributed by atoms with Gasteiger partial charge in [0, 0.05) is 17.7 Å². The molecule has 1 aliphatic rings. The van der Waals surface area contributed by atoms with Gasteiger partial charge in [0.2, 0.25) is 10.0 Å². The highest BCUT2D eigenvalue weighted by Gasteiger charge is 2.16. The highest BCUT2D eigenvalue weighted by Crippen LogP contribution is 2.26. The van der Waals surface area contributed by atoms with Crippen molar-refractivity contribution in [2.45, 2.75) is 11.3 Å². The van der Waals surface area contributed by atoms with Gasteiger partial charge in [-0.15, -0.1) is 0 Å². The number of carbonyl (C=O) groups is 1. The van der Waals surface area contributed by atoms with Gasteiger partial charge in [-0.3, -0.25) is 4.79 Å². The average Bonchev–Trinajstić information content (AvgIpc) is 2.94. The Kier molecular flexibility index (Phi) is 3.59. The van der Waals surface area contributed by atoms with Crippen molar-refractivity contribution in [3.05, 3.63) is 53.6 Å². The molecule has 0 aliphatic carbocycles. The Morgan fingerprint density at radius 1 is 1.18 bits per heavy atom. The van der Waals surface area contributed by atoms with Gasteiger partial charge in [0.1, 0.15) is 5.75 Å². The number of hydrogen-bond donors (Lipinski definition) is 2. The minimum Gasteiger partial charge on any atom is -0.493 e. The number of nitrogens with one attached hydrogen (secondary N) is 1. The summed E-state index contributed by atoms with van der Waals surface area (Å²) in [6, 6.07) is 11.1. The summed E-state index contributed by atoms with van der Waals surface area (Å²) in [6.07, 6.45) is 0.841. The van der Waals surface area contributed by atoms with Crippen LogP contribution in [0.25, 0.3) is 0 Å². The average molecular weight is 318 g/mol. The molecule has 2 aromatic carbocycles. The zero-order valence-electron chi connectivity index (χ0n) is 11.6. The highest BCUT2D eigenvalue weighted by atomic mass is 32.2. The molecule has 22 heavy (non-hydrogen) atoms. The van der Waals surface area contributed by atoms with Crippen LogP contribution in [0.15, 0.2) is 47.4 Å². The van der Waals surface area contributed by atoms with E-state index in [1.54, 1.807) is 18.2 Å². The lowest BCUT2D eigenvalue weighted by Gasteiger charge is -2.08. The molecule has 1 amide bonds. The Hall–Kier alpha value is -2.38. The molecule has 0 radical (unpaired) electrons. The fourth-order valence-corrected chi connectivity index (χ4v) is 2.82. The number of fused-ring (bicyclic) bond motifs is 1. The van der Waals surface area contributed by atoms with Gasteiger partial charge in [-0.1, -0.05) is 12.1 Å². The van der Waals surface area contributed by atoms with Crippen molar-refractivity contribution in [3.8, 4) is 5.75 Å². The SMILES string of the molecule is NS(=O)(=O)c1cccc(NC(=O)c2ccc3c(c2)OCC3)c1. The van der Waals surface area contributed by atoms with E-state index in [1.165, 1.54) is 18.2 Å². The van der Waals surface area contributed by atoms with Crippen LogP contribution >= 0.6 is 0 Å². The summed E-state index contributed by atoms with van der Waals surface area (Å²) in [5.41, 5.74) is 1.88. The first-order chi connectivity index (χ1) is 10.4. The molecule has 6 nitrogen and oxygen atoms in total. The fraction of sp³-hybridized carbons (Fsp3) is 0.133. The second kappa shape index (κ2) is 5.43. The zero-order chi connectivity index (χ0) is 15.7. The van der Waals surface area contributed by atoms with Crippen LogP contribution in [0.4, 0.5) is 5.69 Å². The Balaban J connectivity index is 1.83. The van der Waals surface area contributed by atoms with Gasteiger partial charge in [0.05, 0.1) is 11.5 Å². The van der Waals surface area contributed by atoms with Gasteiger partial charge < -0.3 is 10.1 Å². The molecular formula is C15H14N2O4S. The molecule has 0 unspecified atom stereocenters. The topological polar surface area (TPSA) is 98.5 Å². The summed E-state index contributed by atoms with van der Waals surface area (Å²) >= 11 is 0. The number of anilines is 1. The standard InChI is InChI=1S/C15H14N2O4S/c16-22(19,20)13-3-1-2-12(9-13)17-15(18)11-5-4-10-6-7-21-14(10)8-11/h1-5,8-9H,6-7H2,(H,17,18)(H2,16,19,20). The van der Waals surface area contributed by atoms with Gasteiger partial charge in [0.25, 0.3) is 5.91 Å². The van der Waals surface area contributed by atoms with Gasteiger partial charge in [-0.05, 0) is 35.9 Å². The molecule has 3 N–H and O–H groups in total. The van der Waals surface area contributed by atoms with E-state index < -0.39 is 10.0 Å². The lowest BCUT2D eigenvalue weighted by Crippen LogP contribution is -2.14. The van der Waals surface area contributed by atoms with E-state index >= 15 is 0 Å². The molecule has 0 spiro atoms. The van der Waals surface area contributed by atoms with Crippen LogP contribution in [-0.2, 0) is 16.4 Å². The smallest absolute Gasteiger partial charge is 0.255 e. The molecule has 114 valence electrons. The van der Waals surface area contributed by atoms with Crippen molar-refractivity contribution in [3.63, 3.8) is 0 Å². The van der Waals surface area contributed by atoms with Crippen LogP contribution < -0.4 is 15.2 Å². The number of nitrogens with two attached hydrogens (primary N) is 1. The van der Waals surface area contributed by atoms with Crippen LogP contribution in [0, 0.1) is 0 Å². The molecule has 0 atom stereocenters. The third kappa shape index (κ3) is 2.95. The Labute approximate surface area is 128 Å². The first-order valence-corrected chi connectivity index (χ1v) is 8.18. The first-order valence-electron chi connectivity index (χ1n) is 6.63. The van der Waals surface area contributed by atoms with E-state index in [1.807, 2.05) is 6.07 Å². The van der Waals surface area contributed by atoms with E-state index in [-0.39, 0.29) is 10.8 Å². The molecule has 1 heterocycles. The largest absolute Gasteiger partial charge is 0.493 e. The molecular weight excluding hydrogens is 304 g/mol. The number of sulfonamides is 1. The molecule has 0 saturated carbocycles. The summed E-state index contributed by atoms with van der Waals surface area (Å²) in [6.45, 7) is 0.622. The molecule has 0 bridgehead atoms. The van der Waals surface area contributed by atoms with E-state index in [2.05, 4.69) is 5.32 Å². The highest BCUT2D eigenvalue weighted by molar-refractivity contribution is 7.89. The normalized spacial score (nSPS) is 13.3. The van der Waals surface area contributed by atoms with E-state index in [4.69, 9.17) is 9.88 Å². The first kappa shape index (κ1) is 14.6. The van der Waals surface area contributed by atoms with E-state index in [0.29, 0.717) is 23.6 Å². The summed E-state index contributed by atoms with van der Waals surface area (Å²) in [5, 5.41) is 7.72. The van der Waals surface area contributed by atoms with Crippen molar-refractivity contribution in [1.29, 1.82) is 0 Å². The minimum atomic E-state index is -3.81. The van der Waals surface area contributed by atoms with Crippen molar-refractivity contribution < 1.29 is 17.9 Å². The zero-order valence-corrected chi connectivity index (χ0v) is 12.4. The van der Waals surface area contributed by atoms with Crippen LogP contribution in [0.1, 0.15) is 15.9 Å². The van der Waals surface area contributed by atoms with E-state index in [9.17, 15) is 13.2 Å². The van der Waals surface area contributed by atoms with Crippen LogP contribution in [0.3, 0.4) is 0 Å². The van der Waals surface area contributed by atoms with Crippen LogP contribution in [-0.4, -0.2) is 20.9 Å². The maximum atomic E-state index is 12.2. The predicted octanol–water partition coefficient (Wildman–Crippen LogP) is 1.52. The summed E-state index contributed by atoms with van der Waals surface area (Å²) in [5.74, 6) is 0.371. The Bertz CT molecular complexity index is 846. The summed E-state index contributed by atoms with van der Waals surface area (Å²) in [4.78, 5) is 12.2. The van der Waals surface area contributed by atoms with Crippen molar-refractivity contribution >= 4 is 21.6 Å². The minimum absolute atomic E-state index is 0.0532. The van der Waals surface area contributed by atoms with Crippen molar-refractivity contribution in [2.75, 3.05) is 11.9 Å². The van der Waals surface area contributed by atoms with Gasteiger partial charge >= 0.3 is 0 Å². The number of hydrogen-bond acceptors (Lipinski definition) is 4.